The Kier molecular flexibility index (Phi) is 3.93. The third-order valence-corrected chi connectivity index (χ3v) is 4.31. The van der Waals surface area contributed by atoms with Gasteiger partial charge in [-0.05, 0) is 57.4 Å². The molecule has 23 heavy (non-hydrogen) atoms. The molecular formula is C17H20FN3O2. The minimum Gasteiger partial charge on any atom is -0.388 e. The van der Waals surface area contributed by atoms with Gasteiger partial charge in [-0.25, -0.2) is 9.07 Å². The minimum absolute atomic E-state index is 0.201. The third kappa shape index (κ3) is 3.12. The lowest BCUT2D eigenvalue weighted by Gasteiger charge is -2.36. The first-order valence-electron chi connectivity index (χ1n) is 7.72. The molecule has 0 unspecified atom stereocenters. The second-order valence-electron chi connectivity index (χ2n) is 6.27. The summed E-state index contributed by atoms with van der Waals surface area (Å²) in [5.41, 5.74) is 1.38. The molecule has 1 aliphatic carbocycles. The van der Waals surface area contributed by atoms with Gasteiger partial charge in [0.25, 0.3) is 5.91 Å². The normalized spacial score (nSPS) is 16.0. The van der Waals surface area contributed by atoms with Crippen molar-refractivity contribution in [3.05, 3.63) is 47.0 Å². The Morgan fingerprint density at radius 2 is 2.13 bits per heavy atom. The molecule has 0 atom stereocenters. The molecule has 1 fully saturated rings. The number of carbonyl (C=O) groups is 1. The number of aliphatic hydroxyl groups is 1. The fraction of sp³-hybridized carbons (Fsp3) is 0.412. The highest BCUT2D eigenvalue weighted by Crippen LogP contribution is 2.30. The molecule has 1 heterocycles. The molecule has 0 saturated heterocycles. The van der Waals surface area contributed by atoms with Crippen molar-refractivity contribution in [2.75, 3.05) is 6.54 Å². The van der Waals surface area contributed by atoms with E-state index in [0.717, 1.165) is 17.8 Å². The van der Waals surface area contributed by atoms with E-state index in [1.165, 1.54) is 10.7 Å². The standard InChI is InChI=1S/C17H20FN3O2/c1-11-8-12(2)21(20-11)15-5-4-13(9-14(15)18)16(22)19-10-17(23)6-3-7-17/h4-5,8-9,23H,3,6-7,10H2,1-2H3,(H,19,22). The Morgan fingerprint density at radius 1 is 1.39 bits per heavy atom. The first-order chi connectivity index (χ1) is 10.9. The van der Waals surface area contributed by atoms with E-state index >= 15 is 0 Å². The number of aromatic nitrogens is 2. The highest BCUT2D eigenvalue weighted by atomic mass is 19.1. The van der Waals surface area contributed by atoms with E-state index < -0.39 is 11.4 Å². The number of hydrogen-bond donors (Lipinski definition) is 2. The van der Waals surface area contributed by atoms with Crippen molar-refractivity contribution in [1.82, 2.24) is 15.1 Å². The second-order valence-corrected chi connectivity index (χ2v) is 6.27. The average Bonchev–Trinajstić information content (AvgIpc) is 2.81. The Morgan fingerprint density at radius 3 is 2.65 bits per heavy atom. The number of aryl methyl sites for hydroxylation is 2. The summed E-state index contributed by atoms with van der Waals surface area (Å²) in [6.45, 7) is 3.89. The van der Waals surface area contributed by atoms with Crippen LogP contribution < -0.4 is 5.32 Å². The van der Waals surface area contributed by atoms with Gasteiger partial charge in [-0.3, -0.25) is 4.79 Å². The van der Waals surface area contributed by atoms with Gasteiger partial charge in [0.2, 0.25) is 0 Å². The van der Waals surface area contributed by atoms with Gasteiger partial charge < -0.3 is 10.4 Å². The molecule has 0 spiro atoms. The van der Waals surface area contributed by atoms with Gasteiger partial charge in [0.05, 0.1) is 11.3 Å². The van der Waals surface area contributed by atoms with Gasteiger partial charge in [-0.1, -0.05) is 0 Å². The average molecular weight is 317 g/mol. The summed E-state index contributed by atoms with van der Waals surface area (Å²) >= 11 is 0. The number of benzene rings is 1. The van der Waals surface area contributed by atoms with E-state index in [9.17, 15) is 14.3 Å². The summed E-state index contributed by atoms with van der Waals surface area (Å²) < 4.78 is 15.9. The van der Waals surface area contributed by atoms with E-state index in [1.54, 1.807) is 12.1 Å². The maximum absolute atomic E-state index is 14.3. The number of amides is 1. The quantitative estimate of drug-likeness (QED) is 0.909. The van der Waals surface area contributed by atoms with Crippen LogP contribution >= 0.6 is 0 Å². The highest BCUT2D eigenvalue weighted by molar-refractivity contribution is 5.94. The Balaban J connectivity index is 1.76. The Bertz CT molecular complexity index is 750. The molecule has 2 aromatic rings. The van der Waals surface area contributed by atoms with Crippen molar-refractivity contribution in [3.63, 3.8) is 0 Å². The first-order valence-corrected chi connectivity index (χ1v) is 7.72. The molecule has 122 valence electrons. The van der Waals surface area contributed by atoms with Gasteiger partial charge in [-0.15, -0.1) is 0 Å². The van der Waals surface area contributed by atoms with Crippen LogP contribution in [0.1, 0.15) is 41.0 Å². The van der Waals surface area contributed by atoms with Crippen LogP contribution in [0.3, 0.4) is 0 Å². The van der Waals surface area contributed by atoms with Crippen molar-refractivity contribution < 1.29 is 14.3 Å². The zero-order valence-corrected chi connectivity index (χ0v) is 13.3. The van der Waals surface area contributed by atoms with Crippen LogP contribution in [0, 0.1) is 19.7 Å². The van der Waals surface area contributed by atoms with Crippen LogP contribution in [0.25, 0.3) is 5.69 Å². The number of hydrogen-bond acceptors (Lipinski definition) is 3. The van der Waals surface area contributed by atoms with E-state index in [1.807, 2.05) is 19.9 Å². The zero-order chi connectivity index (χ0) is 16.6. The summed E-state index contributed by atoms with van der Waals surface area (Å²) in [7, 11) is 0. The van der Waals surface area contributed by atoms with Gasteiger partial charge in [-0.2, -0.15) is 5.10 Å². The van der Waals surface area contributed by atoms with Gasteiger partial charge in [0, 0.05) is 17.8 Å². The lowest BCUT2D eigenvalue weighted by Crippen LogP contribution is -2.47. The van der Waals surface area contributed by atoms with Crippen molar-refractivity contribution in [1.29, 1.82) is 0 Å². The molecule has 0 radical (unpaired) electrons. The van der Waals surface area contributed by atoms with Crippen molar-refractivity contribution in [2.24, 2.45) is 0 Å². The van der Waals surface area contributed by atoms with Crippen LogP contribution in [0.5, 0.6) is 0 Å². The molecule has 3 rings (SSSR count). The van der Waals surface area contributed by atoms with Crippen molar-refractivity contribution in [2.45, 2.75) is 38.7 Å². The first kappa shape index (κ1) is 15.7. The number of carbonyl (C=O) groups excluding carboxylic acids is 1. The maximum atomic E-state index is 14.3. The molecular weight excluding hydrogens is 297 g/mol. The topological polar surface area (TPSA) is 67.2 Å². The minimum atomic E-state index is -0.794. The van der Waals surface area contributed by atoms with Gasteiger partial charge in [0.1, 0.15) is 11.5 Å². The molecule has 5 nitrogen and oxygen atoms in total. The molecule has 1 aliphatic rings. The van der Waals surface area contributed by atoms with Crippen LogP contribution in [0.2, 0.25) is 0 Å². The Labute approximate surface area is 134 Å². The molecule has 1 amide bonds. The van der Waals surface area contributed by atoms with Crippen molar-refractivity contribution in [3.8, 4) is 5.69 Å². The van der Waals surface area contributed by atoms with Gasteiger partial charge in [0.15, 0.2) is 0 Å². The molecule has 1 saturated carbocycles. The summed E-state index contributed by atoms with van der Waals surface area (Å²) in [5.74, 6) is -0.893. The summed E-state index contributed by atoms with van der Waals surface area (Å²) in [6, 6.07) is 6.17. The molecule has 6 heteroatoms. The highest BCUT2D eigenvalue weighted by Gasteiger charge is 2.34. The Hall–Kier alpha value is -2.21. The summed E-state index contributed by atoms with van der Waals surface area (Å²) in [5, 5.41) is 16.9. The molecule has 2 N–H and O–H groups in total. The number of halogens is 1. The number of nitrogens with one attached hydrogen (secondary N) is 1. The fourth-order valence-corrected chi connectivity index (χ4v) is 2.80. The number of nitrogens with zero attached hydrogens (tertiary/aromatic N) is 2. The smallest absolute Gasteiger partial charge is 0.251 e. The lowest BCUT2D eigenvalue weighted by molar-refractivity contribution is -0.0300. The fourth-order valence-electron chi connectivity index (χ4n) is 2.80. The predicted octanol–water partition coefficient (Wildman–Crippen LogP) is 2.27. The second kappa shape index (κ2) is 5.77. The van der Waals surface area contributed by atoms with Crippen LogP contribution in [-0.2, 0) is 0 Å². The van der Waals surface area contributed by atoms with Crippen LogP contribution in [-0.4, -0.2) is 32.9 Å². The lowest BCUT2D eigenvalue weighted by atomic mass is 9.80. The number of rotatable bonds is 4. The van der Waals surface area contributed by atoms with E-state index in [-0.39, 0.29) is 18.0 Å². The molecule has 1 aromatic carbocycles. The van der Waals surface area contributed by atoms with Gasteiger partial charge >= 0.3 is 0 Å². The van der Waals surface area contributed by atoms with E-state index in [2.05, 4.69) is 10.4 Å². The van der Waals surface area contributed by atoms with E-state index in [0.29, 0.717) is 18.5 Å². The molecule has 0 bridgehead atoms. The van der Waals surface area contributed by atoms with Crippen LogP contribution in [0.15, 0.2) is 24.3 Å². The van der Waals surface area contributed by atoms with E-state index in [4.69, 9.17) is 0 Å². The molecule has 0 aliphatic heterocycles. The zero-order valence-electron chi connectivity index (χ0n) is 13.3. The molecule has 1 aromatic heterocycles. The maximum Gasteiger partial charge on any atom is 0.251 e. The predicted molar refractivity (Wildman–Crippen MR) is 84.1 cm³/mol. The monoisotopic (exact) mass is 317 g/mol. The van der Waals surface area contributed by atoms with Crippen LogP contribution in [0.4, 0.5) is 4.39 Å². The summed E-state index contributed by atoms with van der Waals surface area (Å²) in [6.07, 6.45) is 2.36. The largest absolute Gasteiger partial charge is 0.388 e. The van der Waals surface area contributed by atoms with Crippen molar-refractivity contribution >= 4 is 5.91 Å². The summed E-state index contributed by atoms with van der Waals surface area (Å²) in [4.78, 5) is 12.1. The SMILES string of the molecule is Cc1cc(C)n(-c2ccc(C(=O)NCC3(O)CCC3)cc2F)n1. The third-order valence-electron chi connectivity index (χ3n) is 4.31.